The van der Waals surface area contributed by atoms with Crippen molar-refractivity contribution in [1.82, 2.24) is 19.7 Å². The summed E-state index contributed by atoms with van der Waals surface area (Å²) in [6, 6.07) is 6.17. The summed E-state index contributed by atoms with van der Waals surface area (Å²) in [5, 5.41) is 2.39. The first kappa shape index (κ1) is 18.6. The van der Waals surface area contributed by atoms with E-state index in [1.165, 1.54) is 11.3 Å². The highest BCUT2D eigenvalue weighted by Gasteiger charge is 2.37. The van der Waals surface area contributed by atoms with Crippen molar-refractivity contribution in [1.29, 1.82) is 0 Å². The van der Waals surface area contributed by atoms with Gasteiger partial charge in [-0.1, -0.05) is 15.9 Å². The number of carbonyl (C=O) groups excluding carboxylic acids is 2. The van der Waals surface area contributed by atoms with E-state index in [9.17, 15) is 9.59 Å². The third-order valence-corrected chi connectivity index (χ3v) is 6.56. The molecule has 2 aliphatic heterocycles. The minimum Gasteiger partial charge on any atom is -0.335 e. The number of hydrogen-bond acceptors (Lipinski definition) is 5. The summed E-state index contributed by atoms with van der Waals surface area (Å²) >= 11 is 4.83. The van der Waals surface area contributed by atoms with E-state index < -0.39 is 0 Å². The van der Waals surface area contributed by atoms with Gasteiger partial charge in [-0.25, -0.2) is 4.98 Å². The molecule has 2 aromatic rings. The van der Waals surface area contributed by atoms with Crippen molar-refractivity contribution < 1.29 is 9.59 Å². The molecule has 3 heterocycles. The molecule has 2 fully saturated rings. The summed E-state index contributed by atoms with van der Waals surface area (Å²) in [4.78, 5) is 35.4. The Morgan fingerprint density at radius 3 is 2.48 bits per heavy atom. The largest absolute Gasteiger partial charge is 0.335 e. The number of aromatic nitrogens is 1. The van der Waals surface area contributed by atoms with Gasteiger partial charge < -0.3 is 9.80 Å². The molecule has 4 rings (SSSR count). The molecule has 2 aliphatic rings. The van der Waals surface area contributed by atoms with Crippen LogP contribution in [0.15, 0.2) is 34.2 Å². The minimum atomic E-state index is 0.0285. The second-order valence-electron chi connectivity index (χ2n) is 6.99. The van der Waals surface area contributed by atoms with E-state index in [1.54, 1.807) is 6.20 Å². The first-order chi connectivity index (χ1) is 13.0. The maximum absolute atomic E-state index is 12.7. The first-order valence-corrected chi connectivity index (χ1v) is 10.7. The van der Waals surface area contributed by atoms with Crippen LogP contribution < -0.4 is 0 Å². The van der Waals surface area contributed by atoms with Gasteiger partial charge in [-0.3, -0.25) is 14.5 Å². The summed E-state index contributed by atoms with van der Waals surface area (Å²) in [6.07, 6.45) is 1.67. The average molecular weight is 449 g/mol. The molecular weight excluding hydrogens is 428 g/mol. The van der Waals surface area contributed by atoms with Gasteiger partial charge in [-0.15, -0.1) is 11.3 Å². The Hall–Kier alpha value is -1.77. The van der Waals surface area contributed by atoms with Crippen LogP contribution in [-0.2, 0) is 0 Å². The van der Waals surface area contributed by atoms with E-state index >= 15 is 0 Å². The van der Waals surface area contributed by atoms with Crippen molar-refractivity contribution >= 4 is 39.1 Å². The normalized spacial score (nSPS) is 18.4. The van der Waals surface area contributed by atoms with E-state index in [0.29, 0.717) is 24.1 Å². The van der Waals surface area contributed by atoms with Gasteiger partial charge in [-0.05, 0) is 30.7 Å². The van der Waals surface area contributed by atoms with Crippen LogP contribution in [0.25, 0.3) is 0 Å². The highest BCUT2D eigenvalue weighted by molar-refractivity contribution is 9.10. The second kappa shape index (κ2) is 7.69. The Labute approximate surface area is 170 Å². The fraction of sp³-hybridized carbons (Fsp3) is 0.421. The number of carbonyl (C=O) groups is 2. The summed E-state index contributed by atoms with van der Waals surface area (Å²) < 4.78 is 0.989. The lowest BCUT2D eigenvalue weighted by Crippen LogP contribution is -2.64. The lowest BCUT2D eigenvalue weighted by atomic mass is 10.0. The van der Waals surface area contributed by atoms with Crippen molar-refractivity contribution in [3.63, 3.8) is 0 Å². The molecule has 0 aliphatic carbocycles. The van der Waals surface area contributed by atoms with Crippen LogP contribution in [0.4, 0.5) is 0 Å². The molecule has 1 aromatic heterocycles. The van der Waals surface area contributed by atoms with Gasteiger partial charge in [0.15, 0.2) is 5.01 Å². The lowest BCUT2D eigenvalue weighted by molar-refractivity contribution is 0.00849. The molecule has 0 unspecified atom stereocenters. The summed E-state index contributed by atoms with van der Waals surface area (Å²) in [5.41, 5.74) is 1.77. The van der Waals surface area contributed by atoms with Crippen molar-refractivity contribution in [2.75, 3.05) is 39.3 Å². The highest BCUT2D eigenvalue weighted by Crippen LogP contribution is 2.23. The Morgan fingerprint density at radius 1 is 1.11 bits per heavy atom. The molecule has 2 amide bonds. The summed E-state index contributed by atoms with van der Waals surface area (Å²) in [7, 11) is 0. The zero-order valence-corrected chi connectivity index (χ0v) is 17.5. The molecule has 1 aromatic carbocycles. The molecule has 0 atom stereocenters. The minimum absolute atomic E-state index is 0.0285. The molecule has 6 nitrogen and oxygen atoms in total. The summed E-state index contributed by atoms with van der Waals surface area (Å²) in [6.45, 7) is 6.61. The fourth-order valence-corrected chi connectivity index (χ4v) is 4.72. The molecule has 0 N–H and O–H groups in total. The average Bonchev–Trinajstić information content (AvgIpc) is 3.15. The Kier molecular flexibility index (Phi) is 5.29. The molecule has 0 spiro atoms. The smallest absolute Gasteiger partial charge is 0.282 e. The Morgan fingerprint density at radius 2 is 1.85 bits per heavy atom. The summed E-state index contributed by atoms with van der Waals surface area (Å²) in [5.74, 6) is 0.134. The zero-order chi connectivity index (χ0) is 19.0. The van der Waals surface area contributed by atoms with Gasteiger partial charge in [0, 0.05) is 66.9 Å². The van der Waals surface area contributed by atoms with Crippen molar-refractivity contribution in [2.24, 2.45) is 0 Å². The van der Waals surface area contributed by atoms with Crippen LogP contribution in [0.5, 0.6) is 0 Å². The molecular formula is C19H21BrN4O2S. The van der Waals surface area contributed by atoms with Gasteiger partial charge in [0.05, 0.1) is 0 Å². The van der Waals surface area contributed by atoms with Crippen LogP contribution in [-0.4, -0.2) is 76.8 Å². The fourth-order valence-electron chi connectivity index (χ4n) is 3.64. The van der Waals surface area contributed by atoms with E-state index in [1.807, 2.05) is 40.3 Å². The number of halogens is 1. The number of aryl methyl sites for hydroxylation is 1. The van der Waals surface area contributed by atoms with Crippen LogP contribution >= 0.6 is 27.3 Å². The van der Waals surface area contributed by atoms with Crippen LogP contribution in [0.2, 0.25) is 0 Å². The maximum atomic E-state index is 12.7. The second-order valence-corrected chi connectivity index (χ2v) is 8.80. The van der Waals surface area contributed by atoms with Gasteiger partial charge in [0.2, 0.25) is 0 Å². The number of piperazine rings is 1. The number of amides is 2. The van der Waals surface area contributed by atoms with E-state index in [-0.39, 0.29) is 11.8 Å². The molecule has 0 bridgehead atoms. The zero-order valence-electron chi connectivity index (χ0n) is 15.1. The third kappa shape index (κ3) is 3.79. The van der Waals surface area contributed by atoms with Crippen molar-refractivity contribution in [2.45, 2.75) is 13.0 Å². The van der Waals surface area contributed by atoms with Gasteiger partial charge in [-0.2, -0.15) is 0 Å². The Bertz CT molecular complexity index is 843. The van der Waals surface area contributed by atoms with E-state index in [4.69, 9.17) is 0 Å². The van der Waals surface area contributed by atoms with Crippen LogP contribution in [0.3, 0.4) is 0 Å². The van der Waals surface area contributed by atoms with Crippen molar-refractivity contribution in [3.05, 3.63) is 50.4 Å². The predicted molar refractivity (Wildman–Crippen MR) is 108 cm³/mol. The SMILES string of the molecule is Cc1cc(Br)ccc1C(=O)N1CC(N2CCN(C(=O)c3nccs3)CC2)C1. The number of rotatable bonds is 3. The van der Waals surface area contributed by atoms with E-state index in [0.717, 1.165) is 41.8 Å². The molecule has 0 saturated carbocycles. The molecule has 2 saturated heterocycles. The third-order valence-electron chi connectivity index (χ3n) is 5.30. The number of benzene rings is 1. The standard InChI is InChI=1S/C19H21BrN4O2S/c1-13-10-14(20)2-3-16(13)18(25)24-11-15(12-24)22-5-7-23(8-6-22)19(26)17-21-4-9-27-17/h2-4,9-10,15H,5-8,11-12H2,1H3. The number of hydrogen-bond donors (Lipinski definition) is 0. The quantitative estimate of drug-likeness (QED) is 0.723. The molecule has 0 radical (unpaired) electrons. The van der Waals surface area contributed by atoms with Gasteiger partial charge in [0.1, 0.15) is 0 Å². The number of likely N-dealkylation sites (tertiary alicyclic amines) is 1. The molecule has 8 heteroatoms. The van der Waals surface area contributed by atoms with Gasteiger partial charge in [0.25, 0.3) is 11.8 Å². The monoisotopic (exact) mass is 448 g/mol. The molecule has 27 heavy (non-hydrogen) atoms. The van der Waals surface area contributed by atoms with Crippen LogP contribution in [0, 0.1) is 6.92 Å². The van der Waals surface area contributed by atoms with Crippen LogP contribution in [0.1, 0.15) is 25.7 Å². The molecule has 142 valence electrons. The number of thiazole rings is 1. The van der Waals surface area contributed by atoms with Crippen molar-refractivity contribution in [3.8, 4) is 0 Å². The topological polar surface area (TPSA) is 56.8 Å². The van der Waals surface area contributed by atoms with Gasteiger partial charge >= 0.3 is 0 Å². The maximum Gasteiger partial charge on any atom is 0.282 e. The van der Waals surface area contributed by atoms with E-state index in [2.05, 4.69) is 25.8 Å². The lowest BCUT2D eigenvalue weighted by Gasteiger charge is -2.48. The Balaban J connectivity index is 1.28. The highest BCUT2D eigenvalue weighted by atomic mass is 79.9. The predicted octanol–water partition coefficient (Wildman–Crippen LogP) is 2.50. The first-order valence-electron chi connectivity index (χ1n) is 9.01. The number of nitrogens with zero attached hydrogens (tertiary/aromatic N) is 4.